The largest absolute Gasteiger partial charge is 0.416 e. The number of aromatic nitrogens is 3. The summed E-state index contributed by atoms with van der Waals surface area (Å²) in [5.74, 6) is 1.59. The second kappa shape index (κ2) is 8.76. The van der Waals surface area contributed by atoms with Gasteiger partial charge in [-0.05, 0) is 30.7 Å². The number of anilines is 1. The summed E-state index contributed by atoms with van der Waals surface area (Å²) >= 11 is 0. The first-order valence-corrected chi connectivity index (χ1v) is 8.97. The number of aryl methyl sites for hydroxylation is 1. The minimum absolute atomic E-state index is 0.117. The van der Waals surface area contributed by atoms with Crippen LogP contribution >= 0.6 is 0 Å². The number of carbonyl (C=O) groups is 1. The molecule has 2 N–H and O–H groups in total. The standard InChI is InChI=1S/C20H20F3N5O/c1-14-26-17(13-18(27-14)28-9-2-3-10-28)24-7-8-25-19(29)12-15-5-4-6-16(11-15)20(21,22)23/h2-6,9-11,13H,7-8,12H2,1H3,(H,25,29)(H,24,26,27). The van der Waals surface area contributed by atoms with Crippen LogP contribution in [0.2, 0.25) is 0 Å². The van der Waals surface area contributed by atoms with Crippen LogP contribution in [-0.4, -0.2) is 33.5 Å². The number of nitrogens with zero attached hydrogens (tertiary/aromatic N) is 3. The molecule has 3 aromatic rings. The maximum atomic E-state index is 12.7. The van der Waals surface area contributed by atoms with E-state index in [4.69, 9.17) is 0 Å². The van der Waals surface area contributed by atoms with E-state index >= 15 is 0 Å². The Bertz CT molecular complexity index is 970. The Kier molecular flexibility index (Phi) is 6.16. The minimum Gasteiger partial charge on any atom is -0.368 e. The van der Waals surface area contributed by atoms with Gasteiger partial charge in [0.05, 0.1) is 12.0 Å². The number of hydrogen-bond acceptors (Lipinski definition) is 4. The molecule has 0 aliphatic heterocycles. The van der Waals surface area contributed by atoms with Gasteiger partial charge in [0, 0.05) is 31.5 Å². The van der Waals surface area contributed by atoms with Crippen LogP contribution < -0.4 is 10.6 Å². The van der Waals surface area contributed by atoms with Crippen molar-refractivity contribution >= 4 is 11.7 Å². The van der Waals surface area contributed by atoms with E-state index in [1.165, 1.54) is 12.1 Å². The zero-order valence-corrected chi connectivity index (χ0v) is 15.7. The van der Waals surface area contributed by atoms with Gasteiger partial charge in [-0.25, -0.2) is 9.97 Å². The highest BCUT2D eigenvalue weighted by Gasteiger charge is 2.30. The van der Waals surface area contributed by atoms with E-state index in [1.54, 1.807) is 13.0 Å². The molecule has 152 valence electrons. The summed E-state index contributed by atoms with van der Waals surface area (Å²) in [4.78, 5) is 20.7. The van der Waals surface area contributed by atoms with Crippen molar-refractivity contribution in [2.45, 2.75) is 19.5 Å². The van der Waals surface area contributed by atoms with E-state index in [0.29, 0.717) is 30.3 Å². The van der Waals surface area contributed by atoms with Gasteiger partial charge in [-0.15, -0.1) is 0 Å². The lowest BCUT2D eigenvalue weighted by Gasteiger charge is -2.11. The summed E-state index contributed by atoms with van der Waals surface area (Å²) in [6, 6.07) is 10.3. The average molecular weight is 403 g/mol. The molecule has 1 amide bonds. The lowest BCUT2D eigenvalue weighted by molar-refractivity contribution is -0.137. The Hall–Kier alpha value is -3.36. The van der Waals surface area contributed by atoms with Gasteiger partial charge in [0.25, 0.3) is 0 Å². The van der Waals surface area contributed by atoms with Gasteiger partial charge in [0.2, 0.25) is 5.91 Å². The first-order chi connectivity index (χ1) is 13.8. The molecule has 1 aromatic carbocycles. The monoisotopic (exact) mass is 403 g/mol. The number of alkyl halides is 3. The van der Waals surface area contributed by atoms with Gasteiger partial charge in [-0.3, -0.25) is 4.79 Å². The van der Waals surface area contributed by atoms with E-state index in [-0.39, 0.29) is 12.3 Å². The number of nitrogens with one attached hydrogen (secondary N) is 2. The second-order valence-corrected chi connectivity index (χ2v) is 6.40. The number of hydrogen-bond donors (Lipinski definition) is 2. The normalized spacial score (nSPS) is 11.3. The molecule has 0 fully saturated rings. The van der Waals surface area contributed by atoms with Gasteiger partial charge in [0.15, 0.2) is 0 Å². The first-order valence-electron chi connectivity index (χ1n) is 8.97. The lowest BCUT2D eigenvalue weighted by atomic mass is 10.1. The van der Waals surface area contributed by atoms with E-state index in [2.05, 4.69) is 20.6 Å². The van der Waals surface area contributed by atoms with Gasteiger partial charge >= 0.3 is 6.18 Å². The van der Waals surface area contributed by atoms with Crippen molar-refractivity contribution in [1.82, 2.24) is 19.9 Å². The fraction of sp³-hybridized carbons (Fsp3) is 0.250. The summed E-state index contributed by atoms with van der Waals surface area (Å²) in [7, 11) is 0. The summed E-state index contributed by atoms with van der Waals surface area (Å²) in [5.41, 5.74) is -0.449. The van der Waals surface area contributed by atoms with Crippen LogP contribution in [0.25, 0.3) is 5.82 Å². The van der Waals surface area contributed by atoms with E-state index in [0.717, 1.165) is 18.0 Å². The molecule has 0 unspecified atom stereocenters. The highest BCUT2D eigenvalue weighted by atomic mass is 19.4. The van der Waals surface area contributed by atoms with Crippen molar-refractivity contribution in [2.24, 2.45) is 0 Å². The van der Waals surface area contributed by atoms with Crippen molar-refractivity contribution in [3.05, 3.63) is 71.8 Å². The number of halogens is 3. The zero-order valence-electron chi connectivity index (χ0n) is 15.7. The van der Waals surface area contributed by atoms with Crippen molar-refractivity contribution in [3.8, 4) is 5.82 Å². The smallest absolute Gasteiger partial charge is 0.368 e. The topological polar surface area (TPSA) is 71.8 Å². The quantitative estimate of drug-likeness (QED) is 0.594. The number of carbonyl (C=O) groups excluding carboxylic acids is 1. The van der Waals surface area contributed by atoms with E-state index < -0.39 is 11.7 Å². The molecule has 0 aliphatic carbocycles. The number of amides is 1. The molecular formula is C20H20F3N5O. The summed E-state index contributed by atoms with van der Waals surface area (Å²) < 4.78 is 40.1. The summed E-state index contributed by atoms with van der Waals surface area (Å²) in [6.07, 6.45) is -0.793. The molecule has 0 saturated carbocycles. The molecule has 3 rings (SSSR count). The summed E-state index contributed by atoms with van der Waals surface area (Å²) in [6.45, 7) is 2.50. The molecule has 6 nitrogen and oxygen atoms in total. The Labute approximate surface area is 165 Å². The first kappa shape index (κ1) is 20.4. The fourth-order valence-electron chi connectivity index (χ4n) is 2.76. The van der Waals surface area contributed by atoms with Crippen molar-refractivity contribution < 1.29 is 18.0 Å². The van der Waals surface area contributed by atoms with Crippen LogP contribution in [0.4, 0.5) is 19.0 Å². The van der Waals surface area contributed by atoms with Gasteiger partial charge in [-0.2, -0.15) is 13.2 Å². The third-order valence-corrected chi connectivity index (χ3v) is 4.07. The van der Waals surface area contributed by atoms with E-state index in [1.807, 2.05) is 29.1 Å². The third kappa shape index (κ3) is 5.81. The highest BCUT2D eigenvalue weighted by Crippen LogP contribution is 2.29. The van der Waals surface area contributed by atoms with Gasteiger partial charge < -0.3 is 15.2 Å². The molecule has 0 aliphatic rings. The Morgan fingerprint density at radius 1 is 1.07 bits per heavy atom. The number of benzene rings is 1. The SMILES string of the molecule is Cc1nc(NCCNC(=O)Cc2cccc(C(F)(F)F)c2)cc(-n2cccc2)n1. The molecule has 0 spiro atoms. The van der Waals surface area contributed by atoms with Crippen LogP contribution in [-0.2, 0) is 17.4 Å². The maximum Gasteiger partial charge on any atom is 0.416 e. The predicted octanol–water partition coefficient (Wildman–Crippen LogP) is 3.37. The minimum atomic E-state index is -4.43. The second-order valence-electron chi connectivity index (χ2n) is 6.40. The fourth-order valence-corrected chi connectivity index (χ4v) is 2.76. The van der Waals surface area contributed by atoms with Gasteiger partial charge in [-0.1, -0.05) is 18.2 Å². The zero-order chi connectivity index (χ0) is 20.9. The third-order valence-electron chi connectivity index (χ3n) is 4.07. The van der Waals surface area contributed by atoms with Crippen LogP contribution in [0.15, 0.2) is 54.9 Å². The van der Waals surface area contributed by atoms with Gasteiger partial charge in [0.1, 0.15) is 17.5 Å². The number of rotatable bonds is 7. The van der Waals surface area contributed by atoms with Crippen molar-refractivity contribution in [1.29, 1.82) is 0 Å². The molecule has 9 heteroatoms. The molecule has 2 heterocycles. The molecule has 0 atom stereocenters. The predicted molar refractivity (Wildman–Crippen MR) is 103 cm³/mol. The molecule has 0 radical (unpaired) electrons. The molecule has 0 saturated heterocycles. The van der Waals surface area contributed by atoms with Crippen molar-refractivity contribution in [2.75, 3.05) is 18.4 Å². The molecule has 29 heavy (non-hydrogen) atoms. The Morgan fingerprint density at radius 2 is 1.83 bits per heavy atom. The lowest BCUT2D eigenvalue weighted by Crippen LogP contribution is -2.30. The van der Waals surface area contributed by atoms with Crippen LogP contribution in [0.1, 0.15) is 17.0 Å². The van der Waals surface area contributed by atoms with Crippen molar-refractivity contribution in [3.63, 3.8) is 0 Å². The molecule has 2 aromatic heterocycles. The molecule has 0 bridgehead atoms. The summed E-state index contributed by atoms with van der Waals surface area (Å²) in [5, 5.41) is 5.79. The van der Waals surface area contributed by atoms with E-state index in [9.17, 15) is 18.0 Å². The average Bonchev–Trinajstić information content (AvgIpc) is 3.19. The van der Waals surface area contributed by atoms with Crippen LogP contribution in [0.3, 0.4) is 0 Å². The Balaban J connectivity index is 1.49. The molecular weight excluding hydrogens is 383 g/mol. The van der Waals surface area contributed by atoms with Crippen LogP contribution in [0.5, 0.6) is 0 Å². The maximum absolute atomic E-state index is 12.7. The Morgan fingerprint density at radius 3 is 2.55 bits per heavy atom. The highest BCUT2D eigenvalue weighted by molar-refractivity contribution is 5.78. The van der Waals surface area contributed by atoms with Crippen LogP contribution in [0, 0.1) is 6.92 Å².